The Bertz CT molecular complexity index is 1480. The number of ether oxygens (including phenoxy) is 4. The van der Waals surface area contributed by atoms with Crippen molar-refractivity contribution in [1.82, 2.24) is 0 Å². The van der Waals surface area contributed by atoms with Crippen LogP contribution in [0.2, 0.25) is 0 Å². The molecule has 3 fully saturated rings. The predicted molar refractivity (Wildman–Crippen MR) is 191 cm³/mol. The van der Waals surface area contributed by atoms with Gasteiger partial charge in [0.1, 0.15) is 42.9 Å². The highest BCUT2D eigenvalue weighted by Gasteiger charge is 2.68. The zero-order valence-corrected chi connectivity index (χ0v) is 32.7. The van der Waals surface area contributed by atoms with Crippen LogP contribution in [0.25, 0.3) is 0 Å². The van der Waals surface area contributed by atoms with Gasteiger partial charge in [0.2, 0.25) is 6.29 Å². The van der Waals surface area contributed by atoms with Crippen molar-refractivity contribution < 1.29 is 53.4 Å². The van der Waals surface area contributed by atoms with E-state index in [1.54, 1.807) is 0 Å². The van der Waals surface area contributed by atoms with Gasteiger partial charge in [-0.1, -0.05) is 71.8 Å². The molecule has 292 valence electrons. The first kappa shape index (κ1) is 40.6. The maximum atomic E-state index is 14.6. The van der Waals surface area contributed by atoms with Crippen molar-refractivity contribution in [2.45, 2.75) is 157 Å². The largest absolute Gasteiger partial charge is 0.463 e. The number of rotatable bonds is 10. The van der Waals surface area contributed by atoms with Crippen LogP contribution >= 0.6 is 0 Å². The zero-order chi connectivity index (χ0) is 38.7. The molecule has 1 saturated heterocycles. The molecular weight excluding hydrogens is 668 g/mol. The van der Waals surface area contributed by atoms with E-state index in [1.165, 1.54) is 25.0 Å². The highest BCUT2D eigenvalue weighted by atomic mass is 16.7. The van der Waals surface area contributed by atoms with E-state index < -0.39 is 89.4 Å². The Balaban J connectivity index is 1.54. The first-order valence-electron chi connectivity index (χ1n) is 19.2. The molecule has 3 N–H and O–H groups in total. The summed E-state index contributed by atoms with van der Waals surface area (Å²) < 4.78 is 22.9. The van der Waals surface area contributed by atoms with E-state index in [4.69, 9.17) is 18.9 Å². The number of Topliss-reactive ketones (excluding diaryl/α,β-unsaturated/α-hetero) is 1. The summed E-state index contributed by atoms with van der Waals surface area (Å²) in [6.07, 6.45) is -2.56. The number of hydrogen-bond acceptors (Lipinski definition) is 11. The molecule has 11 heteroatoms. The minimum Gasteiger partial charge on any atom is -0.463 e. The second kappa shape index (κ2) is 14.6. The third-order valence-electron chi connectivity index (χ3n) is 14.5. The van der Waals surface area contributed by atoms with Crippen LogP contribution in [0.1, 0.15) is 120 Å². The molecule has 0 aromatic heterocycles. The smallest absolute Gasteiger partial charge is 0.311 e. The molecule has 4 aliphatic carbocycles. The highest BCUT2D eigenvalue weighted by Crippen LogP contribution is 2.72. The normalized spacial score (nSPS) is 40.3. The van der Waals surface area contributed by atoms with Gasteiger partial charge >= 0.3 is 17.9 Å². The molecule has 0 bridgehead atoms. The van der Waals surface area contributed by atoms with E-state index in [2.05, 4.69) is 41.2 Å². The van der Waals surface area contributed by atoms with Gasteiger partial charge in [-0.25, -0.2) is 0 Å². The van der Waals surface area contributed by atoms with E-state index in [0.29, 0.717) is 31.5 Å². The number of aliphatic hydroxyl groups excluding tert-OH is 3. The van der Waals surface area contributed by atoms with Gasteiger partial charge in [-0.15, -0.1) is 0 Å². The molecule has 0 aromatic carbocycles. The Morgan fingerprint density at radius 1 is 0.904 bits per heavy atom. The van der Waals surface area contributed by atoms with Crippen molar-refractivity contribution in [3.05, 3.63) is 23.3 Å². The lowest BCUT2D eigenvalue weighted by Crippen LogP contribution is -2.60. The number of allylic oxidation sites excluding steroid dienone is 3. The summed E-state index contributed by atoms with van der Waals surface area (Å²) in [5.41, 5.74) is 2.30. The maximum absolute atomic E-state index is 14.6. The molecule has 0 radical (unpaired) electrons. The Labute approximate surface area is 308 Å². The van der Waals surface area contributed by atoms with Crippen molar-refractivity contribution >= 4 is 23.7 Å². The van der Waals surface area contributed by atoms with Gasteiger partial charge < -0.3 is 34.3 Å². The molecule has 0 amide bonds. The van der Waals surface area contributed by atoms with Crippen molar-refractivity contribution in [3.63, 3.8) is 0 Å². The van der Waals surface area contributed by atoms with Gasteiger partial charge in [-0.2, -0.15) is 0 Å². The van der Waals surface area contributed by atoms with Crippen molar-refractivity contribution in [2.75, 3.05) is 6.61 Å². The average Bonchev–Trinajstić information content (AvgIpc) is 3.28. The second-order valence-corrected chi connectivity index (χ2v) is 18.0. The predicted octanol–water partition coefficient (Wildman–Crippen LogP) is 5.37. The molecule has 2 saturated carbocycles. The summed E-state index contributed by atoms with van der Waals surface area (Å²) >= 11 is 0. The van der Waals surface area contributed by atoms with E-state index in [9.17, 15) is 34.5 Å². The van der Waals surface area contributed by atoms with Gasteiger partial charge in [0.25, 0.3) is 0 Å². The fourth-order valence-corrected chi connectivity index (χ4v) is 11.2. The molecule has 0 aromatic rings. The number of aliphatic hydroxyl groups is 3. The SMILES string of the molecule is C=C(CC[C@@H](C(=O)OC1O[C@H](COC(C)=O)[C@@H](O)[C@H](O)[C@H]1O)[C@H]1[C@H](OC(C)=O)C[C@@]2(C)C3=C(CC[C@]12C)[C@@]1(C)CCC(=O)C(C)(C)[C@@H]1CC3)C(C)C. The number of carbonyl (C=O) groups excluding carboxylic acids is 4. The van der Waals surface area contributed by atoms with E-state index >= 15 is 0 Å². The van der Waals surface area contributed by atoms with Crippen molar-refractivity contribution in [1.29, 1.82) is 0 Å². The third-order valence-corrected chi connectivity index (χ3v) is 14.5. The Morgan fingerprint density at radius 2 is 1.58 bits per heavy atom. The lowest BCUT2D eigenvalue weighted by Gasteiger charge is -2.60. The van der Waals surface area contributed by atoms with Gasteiger partial charge in [0.05, 0.1) is 5.92 Å². The fraction of sp³-hybridized carbons (Fsp3) is 0.805. The van der Waals surface area contributed by atoms with Crippen LogP contribution in [0.15, 0.2) is 23.3 Å². The minimum absolute atomic E-state index is 0.125. The molecule has 52 heavy (non-hydrogen) atoms. The van der Waals surface area contributed by atoms with E-state index in [-0.39, 0.29) is 17.3 Å². The van der Waals surface area contributed by atoms with Crippen molar-refractivity contribution in [3.8, 4) is 0 Å². The zero-order valence-electron chi connectivity index (χ0n) is 32.7. The molecule has 1 heterocycles. The summed E-state index contributed by atoms with van der Waals surface area (Å²) in [6.45, 7) is 21.5. The van der Waals surface area contributed by atoms with Gasteiger partial charge in [0, 0.05) is 31.6 Å². The quantitative estimate of drug-likeness (QED) is 0.150. The molecule has 5 aliphatic rings. The average molecular weight is 731 g/mol. The van der Waals surface area contributed by atoms with Gasteiger partial charge in [-0.3, -0.25) is 19.2 Å². The Hall–Kier alpha value is -2.60. The van der Waals surface area contributed by atoms with E-state index in [0.717, 1.165) is 37.7 Å². The number of fused-ring (bicyclic) bond motifs is 4. The Morgan fingerprint density at radius 3 is 2.19 bits per heavy atom. The number of hydrogen-bond donors (Lipinski definition) is 3. The number of ketones is 1. The summed E-state index contributed by atoms with van der Waals surface area (Å²) in [6, 6.07) is 0. The standard InChI is InChI=1S/C41H62O11/c1-21(2)22(3)11-12-25(36(48)52-37-35(47)34(46)33(45)29(51-37)20-49-23(4)42)32-28(50-24(5)43)19-41(10)27-13-14-30-38(6,7)31(44)16-17-39(30,8)26(27)15-18-40(32,41)9/h21,25,28-30,32-35,37,45-47H,3,11-20H2,1-2,4-10H3/t25-,28-,29-,30+,32+,33-,34+,35-,37?,39-,40-,41+/m1/s1. The summed E-state index contributed by atoms with van der Waals surface area (Å²) in [4.78, 5) is 52.0. The van der Waals surface area contributed by atoms with Gasteiger partial charge in [-0.05, 0) is 79.4 Å². The Kier molecular flexibility index (Phi) is 11.4. The molecule has 11 nitrogen and oxygen atoms in total. The fourth-order valence-electron chi connectivity index (χ4n) is 11.2. The topological polar surface area (TPSA) is 166 Å². The van der Waals surface area contributed by atoms with Crippen LogP contribution in [0, 0.1) is 45.3 Å². The first-order chi connectivity index (χ1) is 24.1. The minimum atomic E-state index is -1.77. The lowest BCUT2D eigenvalue weighted by molar-refractivity contribution is -0.295. The molecule has 1 aliphatic heterocycles. The summed E-state index contributed by atoms with van der Waals surface area (Å²) in [7, 11) is 0. The monoisotopic (exact) mass is 730 g/mol. The van der Waals surface area contributed by atoms with Gasteiger partial charge in [0.15, 0.2) is 0 Å². The molecular formula is C41H62O11. The molecule has 1 unspecified atom stereocenters. The number of carbonyl (C=O) groups is 4. The maximum Gasteiger partial charge on any atom is 0.311 e. The lowest BCUT2D eigenvalue weighted by atomic mass is 9.43. The molecule has 0 spiro atoms. The third kappa shape index (κ3) is 6.81. The second-order valence-electron chi connectivity index (χ2n) is 18.0. The molecule has 5 rings (SSSR count). The number of esters is 3. The van der Waals surface area contributed by atoms with Crippen LogP contribution < -0.4 is 0 Å². The van der Waals surface area contributed by atoms with Crippen LogP contribution in [-0.4, -0.2) is 82.4 Å². The molecule has 12 atom stereocenters. The van der Waals surface area contributed by atoms with Crippen LogP contribution in [0.3, 0.4) is 0 Å². The first-order valence-corrected chi connectivity index (χ1v) is 19.2. The van der Waals surface area contributed by atoms with Crippen molar-refractivity contribution in [2.24, 2.45) is 45.3 Å². The summed E-state index contributed by atoms with van der Waals surface area (Å²) in [5, 5.41) is 32.1. The van der Waals surface area contributed by atoms with Crippen LogP contribution in [0.5, 0.6) is 0 Å². The van der Waals surface area contributed by atoms with Crippen LogP contribution in [0.4, 0.5) is 0 Å². The highest BCUT2D eigenvalue weighted by molar-refractivity contribution is 5.86. The van der Waals surface area contributed by atoms with E-state index in [1.807, 2.05) is 13.8 Å². The summed E-state index contributed by atoms with van der Waals surface area (Å²) in [5.74, 6) is -2.28. The van der Waals surface area contributed by atoms with Crippen LogP contribution in [-0.2, 0) is 38.1 Å².